The van der Waals surface area contributed by atoms with E-state index >= 15 is 0 Å². The Bertz CT molecular complexity index is 956. The largest absolute Gasteiger partial charge is 0.454 e. The molecule has 6 nitrogen and oxygen atoms in total. The van der Waals surface area contributed by atoms with Crippen LogP contribution < -0.4 is 9.47 Å². The molecule has 0 unspecified atom stereocenters. The summed E-state index contributed by atoms with van der Waals surface area (Å²) in [6.07, 6.45) is 0. The summed E-state index contributed by atoms with van der Waals surface area (Å²) in [6, 6.07) is 13.6. The average molecular weight is 321 g/mol. The van der Waals surface area contributed by atoms with E-state index in [1.54, 1.807) is 7.11 Å². The molecule has 0 radical (unpaired) electrons. The highest BCUT2D eigenvalue weighted by molar-refractivity contribution is 5.81. The van der Waals surface area contributed by atoms with Crippen LogP contribution in [0.25, 0.3) is 11.0 Å². The van der Waals surface area contributed by atoms with Crippen molar-refractivity contribution in [3.63, 3.8) is 0 Å². The van der Waals surface area contributed by atoms with Gasteiger partial charge in [-0.25, -0.2) is 4.98 Å². The van der Waals surface area contributed by atoms with Crippen LogP contribution in [0.2, 0.25) is 0 Å². The predicted octanol–water partition coefficient (Wildman–Crippen LogP) is 2.83. The first-order valence-corrected chi connectivity index (χ1v) is 7.56. The van der Waals surface area contributed by atoms with Crippen molar-refractivity contribution in [1.29, 1.82) is 5.26 Å². The number of hydrogen-bond donors (Lipinski definition) is 0. The number of methoxy groups -OCH3 is 1. The molecule has 0 saturated carbocycles. The van der Waals surface area contributed by atoms with E-state index in [1.807, 2.05) is 36.4 Å². The van der Waals surface area contributed by atoms with Gasteiger partial charge < -0.3 is 18.8 Å². The Morgan fingerprint density at radius 2 is 2.04 bits per heavy atom. The molecule has 0 N–H and O–H groups in total. The van der Waals surface area contributed by atoms with Gasteiger partial charge in [-0.3, -0.25) is 0 Å². The summed E-state index contributed by atoms with van der Waals surface area (Å²) in [5.74, 6) is 2.21. The van der Waals surface area contributed by atoms with Crippen LogP contribution in [0.4, 0.5) is 0 Å². The van der Waals surface area contributed by atoms with Crippen LogP contribution in [0.15, 0.2) is 36.4 Å². The van der Waals surface area contributed by atoms with Crippen LogP contribution in [-0.4, -0.2) is 23.5 Å². The summed E-state index contributed by atoms with van der Waals surface area (Å²) < 4.78 is 18.2. The molecule has 3 aromatic rings. The zero-order valence-electron chi connectivity index (χ0n) is 13.2. The van der Waals surface area contributed by atoms with E-state index in [1.165, 1.54) is 0 Å². The van der Waals surface area contributed by atoms with Gasteiger partial charge in [0.1, 0.15) is 12.4 Å². The normalized spacial score (nSPS) is 12.5. The van der Waals surface area contributed by atoms with Crippen molar-refractivity contribution >= 4 is 11.0 Å². The number of nitriles is 1. The lowest BCUT2D eigenvalue weighted by Crippen LogP contribution is -2.07. The second-order valence-corrected chi connectivity index (χ2v) is 5.51. The molecule has 2 heterocycles. The molecule has 1 aliphatic heterocycles. The molecule has 0 fully saturated rings. The summed E-state index contributed by atoms with van der Waals surface area (Å²) in [4.78, 5) is 4.65. The average Bonchev–Trinajstić information content (AvgIpc) is 3.18. The highest BCUT2D eigenvalue weighted by atomic mass is 16.7. The third-order valence-corrected chi connectivity index (χ3v) is 4.06. The van der Waals surface area contributed by atoms with Crippen molar-refractivity contribution in [3.8, 4) is 17.6 Å². The van der Waals surface area contributed by atoms with Gasteiger partial charge in [-0.2, -0.15) is 5.26 Å². The van der Waals surface area contributed by atoms with Crippen molar-refractivity contribution < 1.29 is 14.2 Å². The smallest absolute Gasteiger partial charge is 0.231 e. The standard InChI is InChI=1S/C18H15N3O3/c1-22-10-18-20-14-6-16-17(24-11-23-16)7-15(14)21(18)9-13-5-3-2-4-12(13)8-19/h2-7H,9-11H2,1H3. The molecule has 2 aromatic carbocycles. The lowest BCUT2D eigenvalue weighted by Gasteiger charge is -2.10. The first kappa shape index (κ1) is 14.5. The van der Waals surface area contributed by atoms with E-state index in [2.05, 4.69) is 15.6 Å². The number of aromatic nitrogens is 2. The minimum Gasteiger partial charge on any atom is -0.454 e. The number of rotatable bonds is 4. The predicted molar refractivity (Wildman–Crippen MR) is 86.8 cm³/mol. The molecule has 4 rings (SSSR count). The number of benzene rings is 2. The molecule has 0 saturated heterocycles. The van der Waals surface area contributed by atoms with Gasteiger partial charge in [0.2, 0.25) is 6.79 Å². The zero-order chi connectivity index (χ0) is 16.5. The van der Waals surface area contributed by atoms with Gasteiger partial charge in [0, 0.05) is 19.2 Å². The van der Waals surface area contributed by atoms with Crippen LogP contribution in [0.3, 0.4) is 0 Å². The molecule has 0 spiro atoms. The van der Waals surface area contributed by atoms with E-state index in [0.717, 1.165) is 22.4 Å². The highest BCUT2D eigenvalue weighted by Crippen LogP contribution is 2.36. The summed E-state index contributed by atoms with van der Waals surface area (Å²) in [7, 11) is 1.64. The van der Waals surface area contributed by atoms with Crippen LogP contribution >= 0.6 is 0 Å². The molecular formula is C18H15N3O3. The molecule has 0 amide bonds. The maximum Gasteiger partial charge on any atom is 0.231 e. The van der Waals surface area contributed by atoms with Gasteiger partial charge in [0.05, 0.1) is 29.2 Å². The molecule has 0 aliphatic carbocycles. The van der Waals surface area contributed by atoms with E-state index < -0.39 is 0 Å². The molecule has 6 heteroatoms. The number of imidazole rings is 1. The van der Waals surface area contributed by atoms with Crippen LogP contribution in [0, 0.1) is 11.3 Å². The number of ether oxygens (including phenoxy) is 3. The van der Waals surface area contributed by atoms with Crippen molar-refractivity contribution in [2.75, 3.05) is 13.9 Å². The van der Waals surface area contributed by atoms with Gasteiger partial charge in [0.25, 0.3) is 0 Å². The number of fused-ring (bicyclic) bond motifs is 2. The minimum atomic E-state index is 0.226. The molecule has 0 atom stereocenters. The second kappa shape index (κ2) is 5.87. The highest BCUT2D eigenvalue weighted by Gasteiger charge is 2.19. The van der Waals surface area contributed by atoms with Crippen molar-refractivity contribution in [3.05, 3.63) is 53.3 Å². The van der Waals surface area contributed by atoms with E-state index in [4.69, 9.17) is 14.2 Å². The Labute approximate surface area is 138 Å². The fourth-order valence-electron chi connectivity index (χ4n) is 2.92. The summed E-state index contributed by atoms with van der Waals surface area (Å²) >= 11 is 0. The van der Waals surface area contributed by atoms with E-state index in [9.17, 15) is 5.26 Å². The summed E-state index contributed by atoms with van der Waals surface area (Å²) in [6.45, 7) is 1.15. The fourth-order valence-corrected chi connectivity index (χ4v) is 2.92. The maximum absolute atomic E-state index is 9.32. The Morgan fingerprint density at radius 3 is 2.83 bits per heavy atom. The molecule has 1 aliphatic rings. The topological polar surface area (TPSA) is 69.3 Å². The number of nitrogens with zero attached hydrogens (tertiary/aromatic N) is 3. The third kappa shape index (κ3) is 2.36. The van der Waals surface area contributed by atoms with Gasteiger partial charge in [-0.05, 0) is 11.6 Å². The monoisotopic (exact) mass is 321 g/mol. The number of hydrogen-bond acceptors (Lipinski definition) is 5. The van der Waals surface area contributed by atoms with E-state index in [0.29, 0.717) is 30.2 Å². The first-order valence-electron chi connectivity index (χ1n) is 7.56. The lowest BCUT2D eigenvalue weighted by molar-refractivity contribution is 0.173. The lowest BCUT2D eigenvalue weighted by atomic mass is 10.1. The zero-order valence-corrected chi connectivity index (χ0v) is 13.2. The summed E-state index contributed by atoms with van der Waals surface area (Å²) in [5, 5.41) is 9.32. The third-order valence-electron chi connectivity index (χ3n) is 4.06. The quantitative estimate of drug-likeness (QED) is 0.739. The SMILES string of the molecule is COCc1nc2cc3c(cc2n1Cc1ccccc1C#N)OCO3. The summed E-state index contributed by atoms with van der Waals surface area (Å²) in [5.41, 5.74) is 3.34. The fraction of sp³-hybridized carbons (Fsp3) is 0.222. The molecule has 120 valence electrons. The minimum absolute atomic E-state index is 0.226. The second-order valence-electron chi connectivity index (χ2n) is 5.51. The Hall–Kier alpha value is -3.04. The van der Waals surface area contributed by atoms with Gasteiger partial charge in [-0.15, -0.1) is 0 Å². The molecule has 24 heavy (non-hydrogen) atoms. The van der Waals surface area contributed by atoms with E-state index in [-0.39, 0.29) is 6.79 Å². The molecular weight excluding hydrogens is 306 g/mol. The Morgan fingerprint density at radius 1 is 1.25 bits per heavy atom. The van der Waals surface area contributed by atoms with Crippen molar-refractivity contribution in [1.82, 2.24) is 9.55 Å². The van der Waals surface area contributed by atoms with Gasteiger partial charge >= 0.3 is 0 Å². The van der Waals surface area contributed by atoms with Gasteiger partial charge in [0.15, 0.2) is 11.5 Å². The maximum atomic E-state index is 9.32. The first-order chi connectivity index (χ1) is 11.8. The Kier molecular flexibility index (Phi) is 3.56. The Balaban J connectivity index is 1.86. The van der Waals surface area contributed by atoms with Gasteiger partial charge in [-0.1, -0.05) is 18.2 Å². The van der Waals surface area contributed by atoms with Crippen LogP contribution in [-0.2, 0) is 17.9 Å². The van der Waals surface area contributed by atoms with Crippen LogP contribution in [0.5, 0.6) is 11.5 Å². The van der Waals surface area contributed by atoms with Crippen molar-refractivity contribution in [2.24, 2.45) is 0 Å². The molecule has 0 bridgehead atoms. The van der Waals surface area contributed by atoms with Crippen LogP contribution in [0.1, 0.15) is 17.0 Å². The molecule has 1 aromatic heterocycles. The van der Waals surface area contributed by atoms with Crippen molar-refractivity contribution in [2.45, 2.75) is 13.2 Å².